The summed E-state index contributed by atoms with van der Waals surface area (Å²) in [6.45, 7) is 3.54. The van der Waals surface area contributed by atoms with Gasteiger partial charge in [0.1, 0.15) is 5.75 Å². The molecule has 1 aromatic carbocycles. The third kappa shape index (κ3) is 3.47. The maximum Gasteiger partial charge on any atom is 0.227 e. The SMILES string of the molecule is CC(N)C1CCCN(C(=O)Cc2ccccc2O)C1. The second-order valence-corrected chi connectivity index (χ2v) is 5.41. The molecule has 104 valence electrons. The molecule has 2 atom stereocenters. The molecule has 0 spiro atoms. The zero-order valence-electron chi connectivity index (χ0n) is 11.4. The highest BCUT2D eigenvalue weighted by atomic mass is 16.3. The monoisotopic (exact) mass is 262 g/mol. The molecule has 1 fully saturated rings. The predicted octanol–water partition coefficient (Wildman–Crippen LogP) is 1.52. The van der Waals surface area contributed by atoms with E-state index in [0.29, 0.717) is 11.5 Å². The molecule has 19 heavy (non-hydrogen) atoms. The lowest BCUT2D eigenvalue weighted by atomic mass is 9.92. The highest BCUT2D eigenvalue weighted by molar-refractivity contribution is 5.79. The van der Waals surface area contributed by atoms with Crippen LogP contribution in [0.4, 0.5) is 0 Å². The number of phenolic OH excluding ortho intramolecular Hbond substituents is 1. The van der Waals surface area contributed by atoms with Crippen LogP contribution in [0.1, 0.15) is 25.3 Å². The van der Waals surface area contributed by atoms with E-state index in [1.54, 1.807) is 18.2 Å². The zero-order chi connectivity index (χ0) is 13.8. The van der Waals surface area contributed by atoms with Crippen molar-refractivity contribution in [1.29, 1.82) is 0 Å². The predicted molar refractivity (Wildman–Crippen MR) is 74.8 cm³/mol. The van der Waals surface area contributed by atoms with Gasteiger partial charge in [-0.15, -0.1) is 0 Å². The Labute approximate surface area is 114 Å². The van der Waals surface area contributed by atoms with Gasteiger partial charge in [-0.3, -0.25) is 4.79 Å². The van der Waals surface area contributed by atoms with E-state index < -0.39 is 0 Å². The number of hydrogen-bond donors (Lipinski definition) is 2. The first-order valence-electron chi connectivity index (χ1n) is 6.88. The lowest BCUT2D eigenvalue weighted by Gasteiger charge is -2.34. The van der Waals surface area contributed by atoms with E-state index in [0.717, 1.165) is 25.9 Å². The Bertz CT molecular complexity index is 446. The smallest absolute Gasteiger partial charge is 0.227 e. The van der Waals surface area contributed by atoms with Crippen LogP contribution in [0.3, 0.4) is 0 Å². The average molecular weight is 262 g/mol. The number of amides is 1. The van der Waals surface area contributed by atoms with Gasteiger partial charge < -0.3 is 15.7 Å². The Kier molecular flexibility index (Phi) is 4.43. The van der Waals surface area contributed by atoms with Gasteiger partial charge in [-0.05, 0) is 31.7 Å². The fourth-order valence-electron chi connectivity index (χ4n) is 2.60. The van der Waals surface area contributed by atoms with Crippen molar-refractivity contribution in [2.45, 2.75) is 32.2 Å². The van der Waals surface area contributed by atoms with Crippen molar-refractivity contribution in [2.75, 3.05) is 13.1 Å². The molecule has 1 heterocycles. The molecule has 0 saturated carbocycles. The number of aromatic hydroxyl groups is 1. The second kappa shape index (κ2) is 6.06. The highest BCUT2D eigenvalue weighted by Gasteiger charge is 2.25. The summed E-state index contributed by atoms with van der Waals surface area (Å²) in [4.78, 5) is 14.1. The molecule has 3 N–H and O–H groups in total. The van der Waals surface area contributed by atoms with Gasteiger partial charge in [0.05, 0.1) is 6.42 Å². The summed E-state index contributed by atoms with van der Waals surface area (Å²) in [7, 11) is 0. The largest absolute Gasteiger partial charge is 0.508 e. The van der Waals surface area contributed by atoms with Gasteiger partial charge in [0.2, 0.25) is 5.91 Å². The molecule has 1 aliphatic rings. The van der Waals surface area contributed by atoms with Gasteiger partial charge in [0, 0.05) is 24.7 Å². The summed E-state index contributed by atoms with van der Waals surface area (Å²) in [5, 5.41) is 9.71. The van der Waals surface area contributed by atoms with Crippen molar-refractivity contribution in [3.63, 3.8) is 0 Å². The van der Waals surface area contributed by atoms with E-state index in [2.05, 4.69) is 0 Å². The molecule has 0 aromatic heterocycles. The fourth-order valence-corrected chi connectivity index (χ4v) is 2.60. The van der Waals surface area contributed by atoms with E-state index in [1.165, 1.54) is 0 Å². The van der Waals surface area contributed by atoms with Crippen molar-refractivity contribution in [3.05, 3.63) is 29.8 Å². The number of carbonyl (C=O) groups excluding carboxylic acids is 1. The number of para-hydroxylation sites is 1. The number of likely N-dealkylation sites (tertiary alicyclic amines) is 1. The number of nitrogens with zero attached hydrogens (tertiary/aromatic N) is 1. The van der Waals surface area contributed by atoms with Gasteiger partial charge in [-0.25, -0.2) is 0 Å². The van der Waals surface area contributed by atoms with Gasteiger partial charge >= 0.3 is 0 Å². The number of carbonyl (C=O) groups is 1. The second-order valence-electron chi connectivity index (χ2n) is 5.41. The van der Waals surface area contributed by atoms with Gasteiger partial charge in [-0.1, -0.05) is 18.2 Å². The molecule has 2 unspecified atom stereocenters. The molecule has 0 radical (unpaired) electrons. The molecule has 0 bridgehead atoms. The third-order valence-corrected chi connectivity index (χ3v) is 3.89. The number of hydrogen-bond acceptors (Lipinski definition) is 3. The lowest BCUT2D eigenvalue weighted by molar-refractivity contribution is -0.132. The summed E-state index contributed by atoms with van der Waals surface area (Å²) in [5.41, 5.74) is 6.62. The molecule has 4 heteroatoms. The Morgan fingerprint density at radius 3 is 2.95 bits per heavy atom. The van der Waals surface area contributed by atoms with Crippen LogP contribution in [0.5, 0.6) is 5.75 Å². The van der Waals surface area contributed by atoms with Crippen LogP contribution in [0.25, 0.3) is 0 Å². The molecule has 1 amide bonds. The van der Waals surface area contributed by atoms with Crippen LogP contribution in [0, 0.1) is 5.92 Å². The molecule has 1 saturated heterocycles. The Morgan fingerprint density at radius 2 is 2.26 bits per heavy atom. The maximum absolute atomic E-state index is 12.3. The minimum absolute atomic E-state index is 0.0758. The normalized spacial score (nSPS) is 21.2. The first kappa shape index (κ1) is 13.9. The summed E-state index contributed by atoms with van der Waals surface area (Å²) >= 11 is 0. The summed E-state index contributed by atoms with van der Waals surface area (Å²) in [6, 6.07) is 7.13. The number of phenols is 1. The van der Waals surface area contributed by atoms with Crippen molar-refractivity contribution in [3.8, 4) is 5.75 Å². The van der Waals surface area contributed by atoms with E-state index in [1.807, 2.05) is 17.9 Å². The fraction of sp³-hybridized carbons (Fsp3) is 0.533. The molecule has 1 aliphatic heterocycles. The minimum atomic E-state index is 0.0758. The molecule has 0 aliphatic carbocycles. The van der Waals surface area contributed by atoms with Crippen LogP contribution in [0.15, 0.2) is 24.3 Å². The topological polar surface area (TPSA) is 66.6 Å². The molecule has 1 aromatic rings. The van der Waals surface area contributed by atoms with Crippen LogP contribution >= 0.6 is 0 Å². The quantitative estimate of drug-likeness (QED) is 0.868. The van der Waals surface area contributed by atoms with E-state index in [4.69, 9.17) is 5.73 Å². The number of benzene rings is 1. The zero-order valence-corrected chi connectivity index (χ0v) is 11.4. The van der Waals surface area contributed by atoms with Crippen LogP contribution < -0.4 is 5.73 Å². The molecular weight excluding hydrogens is 240 g/mol. The first-order chi connectivity index (χ1) is 9.08. The minimum Gasteiger partial charge on any atom is -0.508 e. The van der Waals surface area contributed by atoms with Crippen LogP contribution in [0.2, 0.25) is 0 Å². The van der Waals surface area contributed by atoms with E-state index in [9.17, 15) is 9.90 Å². The maximum atomic E-state index is 12.3. The summed E-state index contributed by atoms with van der Waals surface area (Å²) < 4.78 is 0. The Balaban J connectivity index is 1.98. The molecule has 4 nitrogen and oxygen atoms in total. The lowest BCUT2D eigenvalue weighted by Crippen LogP contribution is -2.45. The molecule has 2 rings (SSSR count). The van der Waals surface area contributed by atoms with Crippen LogP contribution in [-0.4, -0.2) is 35.0 Å². The van der Waals surface area contributed by atoms with E-state index >= 15 is 0 Å². The summed E-state index contributed by atoms with van der Waals surface area (Å²) in [5.74, 6) is 0.658. The number of nitrogens with two attached hydrogens (primary N) is 1. The Morgan fingerprint density at radius 1 is 1.53 bits per heavy atom. The van der Waals surface area contributed by atoms with Gasteiger partial charge in [-0.2, -0.15) is 0 Å². The standard InChI is InChI=1S/C15H22N2O2/c1-11(16)13-6-4-8-17(10-13)15(19)9-12-5-2-3-7-14(12)18/h2-3,5,7,11,13,18H,4,6,8-10,16H2,1H3. The Hall–Kier alpha value is -1.55. The number of piperidine rings is 1. The average Bonchev–Trinajstić information content (AvgIpc) is 2.41. The molecular formula is C15H22N2O2. The highest BCUT2D eigenvalue weighted by Crippen LogP contribution is 2.21. The van der Waals surface area contributed by atoms with Crippen molar-refractivity contribution < 1.29 is 9.90 Å². The van der Waals surface area contributed by atoms with Crippen molar-refractivity contribution >= 4 is 5.91 Å². The van der Waals surface area contributed by atoms with Crippen molar-refractivity contribution in [1.82, 2.24) is 4.90 Å². The van der Waals surface area contributed by atoms with Crippen LogP contribution in [-0.2, 0) is 11.2 Å². The van der Waals surface area contributed by atoms with Gasteiger partial charge in [0.25, 0.3) is 0 Å². The van der Waals surface area contributed by atoms with E-state index in [-0.39, 0.29) is 24.1 Å². The first-order valence-corrected chi connectivity index (χ1v) is 6.88. The summed E-state index contributed by atoms with van der Waals surface area (Å²) in [6.07, 6.45) is 2.37. The third-order valence-electron chi connectivity index (χ3n) is 3.89. The number of rotatable bonds is 3. The van der Waals surface area contributed by atoms with Gasteiger partial charge in [0.15, 0.2) is 0 Å². The van der Waals surface area contributed by atoms with Crippen molar-refractivity contribution in [2.24, 2.45) is 11.7 Å².